The Hall–Kier alpha value is -0.110. The zero-order valence-corrected chi connectivity index (χ0v) is 6.18. The van der Waals surface area contributed by atoms with E-state index >= 15 is 0 Å². The Morgan fingerprint density at radius 1 is 1.45 bits per heavy atom. The first kappa shape index (κ1) is 10.9. The van der Waals surface area contributed by atoms with Crippen LogP contribution in [0.2, 0.25) is 0 Å². The van der Waals surface area contributed by atoms with Crippen LogP contribution in [0, 0.1) is 0 Å². The average molecular weight is 218 g/mol. The maximum absolute atomic E-state index is 11.7. The second-order valence-electron chi connectivity index (χ2n) is 1.38. The molecule has 0 aromatic carbocycles. The smallest absolute Gasteiger partial charge is 0.212 e. The topological polar surface area (TPSA) is 29.4 Å². The number of alkyl halides is 4. The zero-order valence-electron chi connectivity index (χ0n) is 4.61. The van der Waals surface area contributed by atoms with Crippen LogP contribution in [0.1, 0.15) is 0 Å². The Morgan fingerprint density at radius 3 is 1.91 bits per heavy atom. The summed E-state index contributed by atoms with van der Waals surface area (Å²) in [6.07, 6.45) is -3.66. The number of hydrogen-bond donors (Lipinski definition) is 0. The fourth-order valence-electron chi connectivity index (χ4n) is 0.168. The summed E-state index contributed by atoms with van der Waals surface area (Å²) in [4.78, 5) is 0. The summed E-state index contributed by atoms with van der Waals surface area (Å²) in [6, 6.07) is 0. The van der Waals surface area contributed by atoms with Crippen molar-refractivity contribution < 1.29 is 25.2 Å². The van der Waals surface area contributed by atoms with Crippen molar-refractivity contribution in [3.8, 4) is 0 Å². The van der Waals surface area contributed by atoms with Gasteiger partial charge in [-0.25, -0.2) is 4.39 Å². The first-order chi connectivity index (χ1) is 4.63. The van der Waals surface area contributed by atoms with Gasteiger partial charge in [-0.2, -0.15) is 13.0 Å². The molecule has 68 valence electrons. The van der Waals surface area contributed by atoms with Crippen molar-refractivity contribution in [2.45, 2.75) is 11.7 Å². The first-order valence-electron chi connectivity index (χ1n) is 1.99. The van der Waals surface area contributed by atoms with E-state index in [1.165, 1.54) is 4.36 Å². The third-order valence-corrected chi connectivity index (χ3v) is 1.10. The van der Waals surface area contributed by atoms with E-state index in [2.05, 4.69) is 11.6 Å². The molecule has 0 aliphatic heterocycles. The van der Waals surface area contributed by atoms with Crippen molar-refractivity contribution in [2.24, 2.45) is 4.36 Å². The van der Waals surface area contributed by atoms with Gasteiger partial charge in [0.25, 0.3) is 6.30 Å². The van der Waals surface area contributed by atoms with Gasteiger partial charge in [-0.1, -0.05) is 7.77 Å². The number of halogens is 6. The Bertz CT molecular complexity index is 233. The zero-order chi connectivity index (χ0) is 9.28. The quantitative estimate of drug-likeness (QED) is 0.302. The van der Waals surface area contributed by atoms with Gasteiger partial charge in [0.15, 0.2) is 0 Å². The maximum atomic E-state index is 11.7. The van der Waals surface area contributed by atoms with Crippen molar-refractivity contribution in [1.29, 1.82) is 0 Å². The molecule has 0 N–H and O–H groups in total. The fourth-order valence-corrected chi connectivity index (χ4v) is 0.622. The largest absolute Gasteiger partial charge is 0.373 e. The van der Waals surface area contributed by atoms with E-state index in [0.29, 0.717) is 0 Å². The molecule has 0 spiro atoms. The lowest BCUT2D eigenvalue weighted by Crippen LogP contribution is -2.21. The Balaban J connectivity index is 4.57. The fraction of sp³-hybridized carbons (Fsp3) is 1.00. The van der Waals surface area contributed by atoms with Crippen LogP contribution in [0.3, 0.4) is 0 Å². The molecule has 9 heteroatoms. The van der Waals surface area contributed by atoms with Crippen LogP contribution in [0.4, 0.5) is 20.9 Å². The molecule has 0 radical (unpaired) electrons. The SMILES string of the molecule is O=S(F)(F)=NC(F)C(F)(F)Cl. The summed E-state index contributed by atoms with van der Waals surface area (Å²) in [5.41, 5.74) is 0. The van der Waals surface area contributed by atoms with E-state index in [1.807, 2.05) is 0 Å². The second kappa shape index (κ2) is 3.10. The molecule has 0 aliphatic carbocycles. The minimum absolute atomic E-state index is 1.33. The Kier molecular flexibility index (Phi) is 3.06. The average Bonchev–Trinajstić information content (AvgIpc) is 1.56. The molecular formula is C2HClF5NOS. The molecule has 1 unspecified atom stereocenters. The normalized spacial score (nSPS) is 16.2. The standard InChI is InChI=1S/C2HClF5NOS/c3-2(5,6)1(4)9-11(7,8)10/h1H. The Labute approximate surface area is 64.1 Å². The molecule has 0 rings (SSSR count). The molecule has 0 aromatic heterocycles. The predicted octanol–water partition coefficient (Wildman–Crippen LogP) is 2.35. The third-order valence-electron chi connectivity index (χ3n) is 0.485. The Morgan fingerprint density at radius 2 is 1.82 bits per heavy atom. The molecule has 1 atom stereocenters. The van der Waals surface area contributed by atoms with E-state index in [4.69, 9.17) is 0 Å². The molecule has 0 heterocycles. The minimum atomic E-state index is -5.87. The highest BCUT2D eigenvalue weighted by atomic mass is 35.5. The van der Waals surface area contributed by atoms with E-state index < -0.39 is 22.2 Å². The van der Waals surface area contributed by atoms with Crippen molar-refractivity contribution in [3.63, 3.8) is 0 Å². The minimum Gasteiger partial charge on any atom is -0.212 e. The van der Waals surface area contributed by atoms with E-state index in [0.717, 1.165) is 0 Å². The van der Waals surface area contributed by atoms with Gasteiger partial charge in [-0.3, -0.25) is 0 Å². The summed E-state index contributed by atoms with van der Waals surface area (Å²) >= 11 is 3.93. The molecule has 0 saturated heterocycles. The van der Waals surface area contributed by atoms with Crippen LogP contribution >= 0.6 is 11.6 Å². The van der Waals surface area contributed by atoms with Gasteiger partial charge < -0.3 is 0 Å². The van der Waals surface area contributed by atoms with Crippen molar-refractivity contribution >= 4 is 22.1 Å². The van der Waals surface area contributed by atoms with Crippen LogP contribution in [-0.2, 0) is 10.5 Å². The number of rotatable bonds is 2. The summed E-state index contributed by atoms with van der Waals surface area (Å²) in [7, 11) is -5.87. The molecule has 0 aromatic rings. The molecule has 2 nitrogen and oxygen atoms in total. The maximum Gasteiger partial charge on any atom is 0.373 e. The van der Waals surface area contributed by atoms with Crippen LogP contribution in [0.25, 0.3) is 0 Å². The van der Waals surface area contributed by atoms with Crippen LogP contribution in [0.15, 0.2) is 4.36 Å². The monoisotopic (exact) mass is 217 g/mol. The lowest BCUT2D eigenvalue weighted by atomic mass is 10.7. The second-order valence-corrected chi connectivity index (χ2v) is 2.89. The summed E-state index contributed by atoms with van der Waals surface area (Å²) in [5, 5.41) is -4.55. The number of nitrogens with zero attached hydrogens (tertiary/aromatic N) is 1. The highest BCUT2D eigenvalue weighted by Gasteiger charge is 2.39. The van der Waals surface area contributed by atoms with Gasteiger partial charge in [0.2, 0.25) is 0 Å². The molecule has 0 amide bonds. The molecular weight excluding hydrogens is 217 g/mol. The first-order valence-corrected chi connectivity index (χ1v) is 3.68. The van der Waals surface area contributed by atoms with Crippen molar-refractivity contribution in [2.75, 3.05) is 0 Å². The summed E-state index contributed by atoms with van der Waals surface area (Å²) in [6.45, 7) is 0. The van der Waals surface area contributed by atoms with Crippen LogP contribution in [-0.4, -0.2) is 15.9 Å². The summed E-state index contributed by atoms with van der Waals surface area (Å²) in [5.74, 6) is 0. The lowest BCUT2D eigenvalue weighted by Gasteiger charge is -2.06. The van der Waals surface area contributed by atoms with Crippen molar-refractivity contribution in [3.05, 3.63) is 0 Å². The highest BCUT2D eigenvalue weighted by molar-refractivity contribution is 7.83. The predicted molar refractivity (Wildman–Crippen MR) is 28.5 cm³/mol. The van der Waals surface area contributed by atoms with Gasteiger partial charge in [0, 0.05) is 0 Å². The summed E-state index contributed by atoms with van der Waals surface area (Å²) < 4.78 is 67.8. The van der Waals surface area contributed by atoms with Crippen LogP contribution in [0.5, 0.6) is 0 Å². The molecule has 0 fully saturated rings. The number of hydrogen-bond acceptors (Lipinski definition) is 2. The lowest BCUT2D eigenvalue weighted by molar-refractivity contribution is 0.0117. The molecule has 0 aliphatic rings. The van der Waals surface area contributed by atoms with Gasteiger partial charge in [0.05, 0.1) is 0 Å². The van der Waals surface area contributed by atoms with Crippen molar-refractivity contribution in [1.82, 2.24) is 0 Å². The van der Waals surface area contributed by atoms with Gasteiger partial charge >= 0.3 is 15.9 Å². The van der Waals surface area contributed by atoms with E-state index in [-0.39, 0.29) is 0 Å². The highest BCUT2D eigenvalue weighted by Crippen LogP contribution is 2.28. The molecule has 0 bridgehead atoms. The van der Waals surface area contributed by atoms with Gasteiger partial charge in [0.1, 0.15) is 0 Å². The van der Waals surface area contributed by atoms with Gasteiger partial charge in [-0.05, 0) is 11.6 Å². The van der Waals surface area contributed by atoms with Gasteiger partial charge in [-0.15, -0.1) is 4.36 Å². The van der Waals surface area contributed by atoms with E-state index in [9.17, 15) is 25.2 Å². The van der Waals surface area contributed by atoms with Crippen LogP contribution < -0.4 is 0 Å². The third kappa shape index (κ3) is 5.19. The molecule has 0 saturated carbocycles. The van der Waals surface area contributed by atoms with E-state index in [1.54, 1.807) is 0 Å². The molecule has 11 heavy (non-hydrogen) atoms.